The Morgan fingerprint density at radius 3 is 2.52 bits per heavy atom. The average Bonchev–Trinajstić information content (AvgIpc) is 2.62. The van der Waals surface area contributed by atoms with Crippen molar-refractivity contribution < 1.29 is 13.5 Å². The Bertz CT molecular complexity index is 717. The number of ether oxygens (including phenoxy) is 1. The number of hydrogen-bond acceptors (Lipinski definition) is 2. The molecule has 134 valence electrons. The predicted octanol–water partition coefficient (Wildman–Crippen LogP) is 3.22. The van der Waals surface area contributed by atoms with Crippen LogP contribution in [0.4, 0.5) is 8.78 Å². The van der Waals surface area contributed by atoms with E-state index in [-0.39, 0.29) is 0 Å². The summed E-state index contributed by atoms with van der Waals surface area (Å²) < 4.78 is 32.0. The predicted molar refractivity (Wildman–Crippen MR) is 95.9 cm³/mol. The van der Waals surface area contributed by atoms with Crippen LogP contribution in [0.1, 0.15) is 11.1 Å². The molecule has 0 unspecified atom stereocenters. The lowest BCUT2D eigenvalue weighted by Crippen LogP contribution is -2.39. The minimum atomic E-state index is -0.433. The molecule has 0 aromatic heterocycles. The van der Waals surface area contributed by atoms with Crippen molar-refractivity contribution in [3.8, 4) is 5.75 Å². The summed E-state index contributed by atoms with van der Waals surface area (Å²) in [5.74, 6) is 0.667. The standard InChI is InChI=1S/C19H23F2N3O/c1-22-19(23-11-10-15-12-16(20)6-9-18(15)21)24(2)13-14-4-7-17(25-3)8-5-14/h4-9,12H,10-11,13H2,1-3H3,(H,22,23). The molecule has 4 nitrogen and oxygen atoms in total. The van der Waals surface area contributed by atoms with E-state index < -0.39 is 11.6 Å². The van der Waals surface area contributed by atoms with Crippen molar-refractivity contribution in [1.82, 2.24) is 10.2 Å². The highest BCUT2D eigenvalue weighted by molar-refractivity contribution is 5.79. The SMILES string of the molecule is CN=C(NCCc1cc(F)ccc1F)N(C)Cc1ccc(OC)cc1. The van der Waals surface area contributed by atoms with Crippen molar-refractivity contribution in [2.75, 3.05) is 27.7 Å². The monoisotopic (exact) mass is 347 g/mol. The van der Waals surface area contributed by atoms with E-state index in [9.17, 15) is 8.78 Å². The van der Waals surface area contributed by atoms with E-state index in [1.54, 1.807) is 14.2 Å². The number of benzene rings is 2. The molecule has 2 aromatic carbocycles. The summed E-state index contributed by atoms with van der Waals surface area (Å²) in [5, 5.41) is 3.17. The van der Waals surface area contributed by atoms with Gasteiger partial charge in [-0.1, -0.05) is 12.1 Å². The van der Waals surface area contributed by atoms with Gasteiger partial charge in [-0.25, -0.2) is 8.78 Å². The van der Waals surface area contributed by atoms with Gasteiger partial charge < -0.3 is 15.0 Å². The van der Waals surface area contributed by atoms with Crippen LogP contribution in [-0.4, -0.2) is 38.6 Å². The second kappa shape index (κ2) is 9.01. The zero-order valence-electron chi connectivity index (χ0n) is 14.7. The van der Waals surface area contributed by atoms with Crippen LogP contribution in [0.5, 0.6) is 5.75 Å². The molecular formula is C19H23F2N3O. The Hall–Kier alpha value is -2.63. The first kappa shape index (κ1) is 18.7. The lowest BCUT2D eigenvalue weighted by atomic mass is 10.1. The number of halogens is 2. The molecule has 0 bridgehead atoms. The molecule has 1 N–H and O–H groups in total. The molecular weight excluding hydrogens is 324 g/mol. The van der Waals surface area contributed by atoms with Gasteiger partial charge >= 0.3 is 0 Å². The topological polar surface area (TPSA) is 36.9 Å². The maximum absolute atomic E-state index is 13.6. The van der Waals surface area contributed by atoms with E-state index in [0.29, 0.717) is 31.0 Å². The Morgan fingerprint density at radius 1 is 1.16 bits per heavy atom. The van der Waals surface area contributed by atoms with Gasteiger partial charge in [0.05, 0.1) is 7.11 Å². The molecule has 2 rings (SSSR count). The summed E-state index contributed by atoms with van der Waals surface area (Å²) in [6.45, 7) is 1.12. The van der Waals surface area contributed by atoms with Gasteiger partial charge in [-0.3, -0.25) is 4.99 Å². The largest absolute Gasteiger partial charge is 0.497 e. The van der Waals surface area contributed by atoms with Crippen LogP contribution >= 0.6 is 0 Å². The Kier molecular flexibility index (Phi) is 6.74. The molecule has 0 radical (unpaired) electrons. The van der Waals surface area contributed by atoms with Crippen molar-refractivity contribution in [2.45, 2.75) is 13.0 Å². The zero-order valence-corrected chi connectivity index (χ0v) is 14.7. The Morgan fingerprint density at radius 2 is 1.88 bits per heavy atom. The highest BCUT2D eigenvalue weighted by atomic mass is 19.1. The lowest BCUT2D eigenvalue weighted by molar-refractivity contribution is 0.414. The minimum Gasteiger partial charge on any atom is -0.497 e. The molecule has 0 aliphatic rings. The van der Waals surface area contributed by atoms with Gasteiger partial charge in [0.1, 0.15) is 17.4 Å². The van der Waals surface area contributed by atoms with E-state index in [0.717, 1.165) is 23.4 Å². The fourth-order valence-electron chi connectivity index (χ4n) is 2.51. The van der Waals surface area contributed by atoms with Gasteiger partial charge in [0.2, 0.25) is 0 Å². The fraction of sp³-hybridized carbons (Fsp3) is 0.316. The Labute approximate surface area is 147 Å². The first-order valence-electron chi connectivity index (χ1n) is 8.02. The van der Waals surface area contributed by atoms with E-state index >= 15 is 0 Å². The van der Waals surface area contributed by atoms with Crippen molar-refractivity contribution in [3.05, 3.63) is 65.2 Å². The molecule has 0 heterocycles. The summed E-state index contributed by atoms with van der Waals surface area (Å²) in [6, 6.07) is 11.3. The van der Waals surface area contributed by atoms with Crippen molar-refractivity contribution in [2.24, 2.45) is 4.99 Å². The minimum absolute atomic E-state index is 0.348. The van der Waals surface area contributed by atoms with Crippen LogP contribution in [-0.2, 0) is 13.0 Å². The summed E-state index contributed by atoms with van der Waals surface area (Å²) in [7, 11) is 5.24. The summed E-state index contributed by atoms with van der Waals surface area (Å²) in [5.41, 5.74) is 1.46. The second-order valence-corrected chi connectivity index (χ2v) is 5.66. The van der Waals surface area contributed by atoms with Gasteiger partial charge in [0, 0.05) is 27.2 Å². The highest BCUT2D eigenvalue weighted by Gasteiger charge is 2.08. The molecule has 0 aliphatic carbocycles. The number of methoxy groups -OCH3 is 1. The highest BCUT2D eigenvalue weighted by Crippen LogP contribution is 2.13. The maximum atomic E-state index is 13.6. The summed E-state index contributed by atoms with van der Waals surface area (Å²) in [4.78, 5) is 6.19. The van der Waals surface area contributed by atoms with Crippen LogP contribution in [0, 0.1) is 11.6 Å². The van der Waals surface area contributed by atoms with E-state index in [4.69, 9.17) is 4.74 Å². The summed E-state index contributed by atoms with van der Waals surface area (Å²) >= 11 is 0. The van der Waals surface area contributed by atoms with Crippen LogP contribution in [0.2, 0.25) is 0 Å². The number of nitrogens with one attached hydrogen (secondary N) is 1. The fourth-order valence-corrected chi connectivity index (χ4v) is 2.51. The van der Waals surface area contributed by atoms with Gasteiger partial charge in [-0.05, 0) is 47.9 Å². The van der Waals surface area contributed by atoms with Gasteiger partial charge in [-0.2, -0.15) is 0 Å². The first-order valence-corrected chi connectivity index (χ1v) is 8.02. The third-order valence-electron chi connectivity index (χ3n) is 3.84. The number of guanidine groups is 1. The van der Waals surface area contributed by atoms with E-state index in [1.807, 2.05) is 36.2 Å². The average molecular weight is 347 g/mol. The lowest BCUT2D eigenvalue weighted by Gasteiger charge is -2.22. The second-order valence-electron chi connectivity index (χ2n) is 5.66. The molecule has 0 amide bonds. The van der Waals surface area contributed by atoms with Gasteiger partial charge in [0.15, 0.2) is 5.96 Å². The number of aliphatic imine (C=N–C) groups is 1. The molecule has 25 heavy (non-hydrogen) atoms. The van der Waals surface area contributed by atoms with Gasteiger partial charge in [0.25, 0.3) is 0 Å². The van der Waals surface area contributed by atoms with E-state index in [2.05, 4.69) is 10.3 Å². The molecule has 0 aliphatic heterocycles. The molecule has 0 atom stereocenters. The molecule has 0 saturated carbocycles. The number of hydrogen-bond donors (Lipinski definition) is 1. The normalized spacial score (nSPS) is 11.3. The van der Waals surface area contributed by atoms with Crippen LogP contribution in [0.3, 0.4) is 0 Å². The van der Waals surface area contributed by atoms with Crippen LogP contribution in [0.15, 0.2) is 47.5 Å². The molecule has 0 fully saturated rings. The first-order chi connectivity index (χ1) is 12.0. The zero-order chi connectivity index (χ0) is 18.2. The number of nitrogens with zero attached hydrogens (tertiary/aromatic N) is 2. The third kappa shape index (κ3) is 5.45. The quantitative estimate of drug-likeness (QED) is 0.644. The van der Waals surface area contributed by atoms with Crippen molar-refractivity contribution >= 4 is 5.96 Å². The van der Waals surface area contributed by atoms with Gasteiger partial charge in [-0.15, -0.1) is 0 Å². The van der Waals surface area contributed by atoms with Crippen molar-refractivity contribution in [1.29, 1.82) is 0 Å². The molecule has 2 aromatic rings. The molecule has 0 saturated heterocycles. The molecule has 0 spiro atoms. The summed E-state index contributed by atoms with van der Waals surface area (Å²) in [6.07, 6.45) is 0.374. The van der Waals surface area contributed by atoms with Crippen LogP contribution < -0.4 is 10.1 Å². The van der Waals surface area contributed by atoms with Crippen molar-refractivity contribution in [3.63, 3.8) is 0 Å². The van der Waals surface area contributed by atoms with Crippen LogP contribution in [0.25, 0.3) is 0 Å². The van der Waals surface area contributed by atoms with E-state index in [1.165, 1.54) is 6.07 Å². The smallest absolute Gasteiger partial charge is 0.193 e. The number of rotatable bonds is 6. The third-order valence-corrected chi connectivity index (χ3v) is 3.84. The maximum Gasteiger partial charge on any atom is 0.193 e. The Balaban J connectivity index is 1.89. The molecule has 6 heteroatoms.